The number of halogens is 2. The van der Waals surface area contributed by atoms with Crippen molar-refractivity contribution in [2.24, 2.45) is 11.1 Å². The van der Waals surface area contributed by atoms with Gasteiger partial charge in [-0.3, -0.25) is 0 Å². The van der Waals surface area contributed by atoms with Crippen LogP contribution in [-0.2, 0) is 0 Å². The van der Waals surface area contributed by atoms with E-state index in [1.807, 2.05) is 12.1 Å². The minimum Gasteiger partial charge on any atom is -0.324 e. The Balaban J connectivity index is 2.73. The first-order valence-electron chi connectivity index (χ1n) is 5.50. The number of nitrogens with two attached hydrogens (primary N) is 1. The molecule has 1 rings (SSSR count). The number of hydrogen-bond acceptors (Lipinski definition) is 1. The van der Waals surface area contributed by atoms with E-state index in [2.05, 4.69) is 58.7 Å². The molecule has 1 nitrogen and oxygen atoms in total. The van der Waals surface area contributed by atoms with Gasteiger partial charge in [-0.15, -0.1) is 0 Å². The van der Waals surface area contributed by atoms with Crippen LogP contribution in [0.5, 0.6) is 0 Å². The van der Waals surface area contributed by atoms with Crippen molar-refractivity contribution in [3.05, 3.63) is 32.7 Å². The predicted molar refractivity (Wildman–Crippen MR) is 77.5 cm³/mol. The van der Waals surface area contributed by atoms with E-state index >= 15 is 0 Å². The molecule has 1 aromatic rings. The largest absolute Gasteiger partial charge is 0.324 e. The average molecular weight is 349 g/mol. The quantitative estimate of drug-likeness (QED) is 0.813. The molecule has 0 fully saturated rings. The number of hydrogen-bond donors (Lipinski definition) is 1. The zero-order valence-electron chi connectivity index (χ0n) is 10.1. The van der Waals surface area contributed by atoms with E-state index in [4.69, 9.17) is 5.73 Å². The third-order valence-electron chi connectivity index (χ3n) is 2.56. The molecule has 2 N–H and O–H groups in total. The zero-order valence-corrected chi connectivity index (χ0v) is 13.2. The SMILES string of the molecule is CC(C)(C)CCC(N)c1cc(Br)ccc1Br. The smallest absolute Gasteiger partial charge is 0.0306 e. The lowest BCUT2D eigenvalue weighted by Crippen LogP contribution is -2.15. The molecule has 3 heteroatoms. The molecular weight excluding hydrogens is 330 g/mol. The Kier molecular flexibility index (Phi) is 5.02. The van der Waals surface area contributed by atoms with Gasteiger partial charge in [0.25, 0.3) is 0 Å². The van der Waals surface area contributed by atoms with Gasteiger partial charge in [-0.05, 0) is 42.0 Å². The van der Waals surface area contributed by atoms with Gasteiger partial charge in [0.05, 0.1) is 0 Å². The van der Waals surface area contributed by atoms with E-state index in [9.17, 15) is 0 Å². The fourth-order valence-electron chi connectivity index (χ4n) is 1.54. The predicted octanol–water partition coefficient (Wildman–Crippen LogP) is 5.04. The van der Waals surface area contributed by atoms with E-state index in [0.29, 0.717) is 5.41 Å². The van der Waals surface area contributed by atoms with Crippen molar-refractivity contribution in [1.82, 2.24) is 0 Å². The van der Waals surface area contributed by atoms with Crippen LogP contribution in [0.3, 0.4) is 0 Å². The van der Waals surface area contributed by atoms with Crippen molar-refractivity contribution >= 4 is 31.9 Å². The molecule has 0 aliphatic rings. The maximum absolute atomic E-state index is 6.22. The van der Waals surface area contributed by atoms with Crippen LogP contribution in [0, 0.1) is 5.41 Å². The highest BCUT2D eigenvalue weighted by atomic mass is 79.9. The van der Waals surface area contributed by atoms with Crippen LogP contribution in [0.4, 0.5) is 0 Å². The topological polar surface area (TPSA) is 26.0 Å². The molecule has 90 valence electrons. The lowest BCUT2D eigenvalue weighted by Gasteiger charge is -2.21. The van der Waals surface area contributed by atoms with Crippen LogP contribution in [0.15, 0.2) is 27.1 Å². The zero-order chi connectivity index (χ0) is 12.3. The van der Waals surface area contributed by atoms with Crippen LogP contribution >= 0.6 is 31.9 Å². The van der Waals surface area contributed by atoms with Gasteiger partial charge >= 0.3 is 0 Å². The van der Waals surface area contributed by atoms with Crippen molar-refractivity contribution in [1.29, 1.82) is 0 Å². The van der Waals surface area contributed by atoms with Gasteiger partial charge in [0.1, 0.15) is 0 Å². The van der Waals surface area contributed by atoms with Gasteiger partial charge in [0.15, 0.2) is 0 Å². The summed E-state index contributed by atoms with van der Waals surface area (Å²) in [5.41, 5.74) is 7.74. The second kappa shape index (κ2) is 5.65. The summed E-state index contributed by atoms with van der Waals surface area (Å²) in [5, 5.41) is 0. The minimum atomic E-state index is 0.103. The Hall–Kier alpha value is 0.140. The molecule has 1 aromatic carbocycles. The van der Waals surface area contributed by atoms with Crippen molar-refractivity contribution in [3.8, 4) is 0 Å². The first-order chi connectivity index (χ1) is 7.29. The second-order valence-corrected chi connectivity index (χ2v) is 7.14. The molecule has 0 radical (unpaired) electrons. The molecule has 0 spiro atoms. The first kappa shape index (κ1) is 14.2. The molecule has 0 amide bonds. The highest BCUT2D eigenvalue weighted by Crippen LogP contribution is 2.31. The molecule has 0 saturated heterocycles. The first-order valence-corrected chi connectivity index (χ1v) is 7.09. The third kappa shape index (κ3) is 4.56. The highest BCUT2D eigenvalue weighted by Gasteiger charge is 2.15. The molecule has 0 aliphatic heterocycles. The fraction of sp³-hybridized carbons (Fsp3) is 0.538. The van der Waals surface area contributed by atoms with Crippen LogP contribution < -0.4 is 5.73 Å². The van der Waals surface area contributed by atoms with Crippen LogP contribution in [0.1, 0.15) is 45.2 Å². The van der Waals surface area contributed by atoms with E-state index in [1.165, 1.54) is 5.56 Å². The highest BCUT2D eigenvalue weighted by molar-refractivity contribution is 9.11. The van der Waals surface area contributed by atoms with Gasteiger partial charge in [-0.25, -0.2) is 0 Å². The van der Waals surface area contributed by atoms with E-state index in [0.717, 1.165) is 21.8 Å². The van der Waals surface area contributed by atoms with Crippen molar-refractivity contribution in [3.63, 3.8) is 0 Å². The van der Waals surface area contributed by atoms with Crippen LogP contribution in [0.25, 0.3) is 0 Å². The third-order valence-corrected chi connectivity index (χ3v) is 3.78. The van der Waals surface area contributed by atoms with Crippen LogP contribution in [-0.4, -0.2) is 0 Å². The minimum absolute atomic E-state index is 0.103. The normalized spacial score (nSPS) is 13.9. The Morgan fingerprint density at radius 2 is 1.88 bits per heavy atom. The summed E-state index contributed by atoms with van der Waals surface area (Å²) in [7, 11) is 0. The molecular formula is C13H19Br2N. The molecule has 1 atom stereocenters. The Morgan fingerprint density at radius 3 is 2.44 bits per heavy atom. The van der Waals surface area contributed by atoms with Crippen molar-refractivity contribution in [2.75, 3.05) is 0 Å². The molecule has 1 unspecified atom stereocenters. The summed E-state index contributed by atoms with van der Waals surface area (Å²) in [6, 6.07) is 6.25. The lowest BCUT2D eigenvalue weighted by atomic mass is 9.87. The van der Waals surface area contributed by atoms with Crippen molar-refractivity contribution in [2.45, 2.75) is 39.7 Å². The Bertz CT molecular complexity index is 355. The van der Waals surface area contributed by atoms with Crippen LogP contribution in [0.2, 0.25) is 0 Å². The molecule has 0 heterocycles. The van der Waals surface area contributed by atoms with Gasteiger partial charge in [-0.2, -0.15) is 0 Å². The van der Waals surface area contributed by atoms with E-state index < -0.39 is 0 Å². The maximum Gasteiger partial charge on any atom is 0.0306 e. The second-order valence-electron chi connectivity index (χ2n) is 5.37. The monoisotopic (exact) mass is 347 g/mol. The Labute approximate surface area is 115 Å². The number of benzene rings is 1. The molecule has 0 saturated carbocycles. The summed E-state index contributed by atoms with van der Waals surface area (Å²) in [4.78, 5) is 0. The van der Waals surface area contributed by atoms with Gasteiger partial charge in [0.2, 0.25) is 0 Å². The van der Waals surface area contributed by atoms with E-state index in [1.54, 1.807) is 0 Å². The average Bonchev–Trinajstić information content (AvgIpc) is 2.17. The summed E-state index contributed by atoms with van der Waals surface area (Å²) in [6.45, 7) is 6.74. The fourth-order valence-corrected chi connectivity index (χ4v) is 2.46. The van der Waals surface area contributed by atoms with Crippen molar-refractivity contribution < 1.29 is 0 Å². The molecule has 16 heavy (non-hydrogen) atoms. The Morgan fingerprint density at radius 1 is 1.25 bits per heavy atom. The molecule has 0 bridgehead atoms. The standard InChI is InChI=1S/C13H19Br2N/c1-13(2,3)7-6-12(16)10-8-9(14)4-5-11(10)15/h4-5,8,12H,6-7,16H2,1-3H3. The lowest BCUT2D eigenvalue weighted by molar-refractivity contribution is 0.349. The van der Waals surface area contributed by atoms with Gasteiger partial charge in [-0.1, -0.05) is 52.6 Å². The molecule has 0 aliphatic carbocycles. The summed E-state index contributed by atoms with van der Waals surface area (Å²) < 4.78 is 2.18. The van der Waals surface area contributed by atoms with E-state index in [-0.39, 0.29) is 6.04 Å². The summed E-state index contributed by atoms with van der Waals surface area (Å²) >= 11 is 7.03. The summed E-state index contributed by atoms with van der Waals surface area (Å²) in [5.74, 6) is 0. The summed E-state index contributed by atoms with van der Waals surface area (Å²) in [6.07, 6.45) is 2.14. The van der Waals surface area contributed by atoms with Gasteiger partial charge < -0.3 is 5.73 Å². The van der Waals surface area contributed by atoms with Gasteiger partial charge in [0, 0.05) is 15.0 Å². The maximum atomic E-state index is 6.22. The number of rotatable bonds is 3. The molecule has 0 aromatic heterocycles.